The normalized spacial score (nSPS) is 16.8. The number of aromatic nitrogens is 1. The van der Waals surface area contributed by atoms with Crippen molar-refractivity contribution in [3.05, 3.63) is 29.0 Å². The van der Waals surface area contributed by atoms with Crippen molar-refractivity contribution in [2.24, 2.45) is 4.99 Å². The third-order valence-corrected chi connectivity index (χ3v) is 4.42. The highest BCUT2D eigenvalue weighted by molar-refractivity contribution is 14.0. The first-order valence-electron chi connectivity index (χ1n) is 8.43. The van der Waals surface area contributed by atoms with Crippen LogP contribution in [0.15, 0.2) is 23.3 Å². The maximum absolute atomic E-state index is 5.80. The summed E-state index contributed by atoms with van der Waals surface area (Å²) in [4.78, 5) is 8.80. The lowest BCUT2D eigenvalue weighted by atomic mass is 9.94. The van der Waals surface area contributed by atoms with Gasteiger partial charge in [-0.15, -0.1) is 24.0 Å². The maximum Gasteiger partial charge on any atom is 0.191 e. The van der Waals surface area contributed by atoms with Crippen LogP contribution >= 0.6 is 35.6 Å². The number of nitrogens with one attached hydrogen (secondary N) is 2. The van der Waals surface area contributed by atoms with Gasteiger partial charge in [-0.3, -0.25) is 4.99 Å². The topological polar surface area (TPSA) is 67.8 Å². The van der Waals surface area contributed by atoms with E-state index < -0.39 is 0 Å². The molecular formula is C17H28ClIN4O2. The Hall–Kier alpha value is -0.640. The van der Waals surface area contributed by atoms with Gasteiger partial charge in [0.05, 0.1) is 12.1 Å². The number of guanidine groups is 1. The molecule has 0 amide bonds. The molecule has 6 nitrogen and oxygen atoms in total. The zero-order valence-corrected chi connectivity index (χ0v) is 18.0. The first kappa shape index (κ1) is 22.4. The smallest absolute Gasteiger partial charge is 0.191 e. The number of aliphatic imine (C=N–C) groups is 1. The van der Waals surface area contributed by atoms with Crippen molar-refractivity contribution < 1.29 is 9.47 Å². The van der Waals surface area contributed by atoms with Crippen LogP contribution in [-0.4, -0.2) is 56.5 Å². The number of nitrogens with zero attached hydrogens (tertiary/aromatic N) is 2. The van der Waals surface area contributed by atoms with E-state index in [0.717, 1.165) is 57.1 Å². The van der Waals surface area contributed by atoms with Gasteiger partial charge in [-0.2, -0.15) is 0 Å². The molecule has 0 saturated carbocycles. The SMILES string of the molecule is CCNC(=NCC1(OC)CCOCC1)NCCc1ccc(Cl)nc1.I. The molecule has 0 aromatic carbocycles. The van der Waals surface area contributed by atoms with E-state index >= 15 is 0 Å². The zero-order chi connectivity index (χ0) is 17.3. The van der Waals surface area contributed by atoms with Crippen LogP contribution in [0.5, 0.6) is 0 Å². The highest BCUT2D eigenvalue weighted by Crippen LogP contribution is 2.24. The van der Waals surface area contributed by atoms with Gasteiger partial charge in [0.1, 0.15) is 5.15 Å². The second-order valence-electron chi connectivity index (χ2n) is 5.86. The molecule has 0 radical (unpaired) electrons. The summed E-state index contributed by atoms with van der Waals surface area (Å²) in [6, 6.07) is 3.80. The number of hydrogen-bond acceptors (Lipinski definition) is 4. The Morgan fingerprint density at radius 1 is 1.36 bits per heavy atom. The van der Waals surface area contributed by atoms with E-state index in [1.807, 2.05) is 12.1 Å². The average Bonchev–Trinajstić information content (AvgIpc) is 2.62. The fraction of sp³-hybridized carbons (Fsp3) is 0.647. The fourth-order valence-corrected chi connectivity index (χ4v) is 2.73. The second kappa shape index (κ2) is 11.9. The predicted molar refractivity (Wildman–Crippen MR) is 112 cm³/mol. The van der Waals surface area contributed by atoms with Crippen molar-refractivity contribution in [1.82, 2.24) is 15.6 Å². The van der Waals surface area contributed by atoms with Crippen LogP contribution in [0.1, 0.15) is 25.3 Å². The Kier molecular flexibility index (Phi) is 10.6. The molecule has 1 aliphatic heterocycles. The van der Waals surface area contributed by atoms with Gasteiger partial charge in [-0.25, -0.2) is 4.98 Å². The van der Waals surface area contributed by atoms with Crippen LogP contribution in [0.25, 0.3) is 0 Å². The van der Waals surface area contributed by atoms with Gasteiger partial charge in [-0.1, -0.05) is 17.7 Å². The van der Waals surface area contributed by atoms with Crippen molar-refractivity contribution in [2.45, 2.75) is 31.8 Å². The minimum absolute atomic E-state index is 0. The lowest BCUT2D eigenvalue weighted by Gasteiger charge is -2.34. The number of rotatable bonds is 7. The van der Waals surface area contributed by atoms with Gasteiger partial charge in [0, 0.05) is 52.5 Å². The summed E-state index contributed by atoms with van der Waals surface area (Å²) in [5.74, 6) is 0.808. The molecule has 2 N–H and O–H groups in total. The molecular weight excluding hydrogens is 455 g/mol. The van der Waals surface area contributed by atoms with Crippen LogP contribution in [0.4, 0.5) is 0 Å². The Bertz CT molecular complexity index is 522. The predicted octanol–water partition coefficient (Wildman–Crippen LogP) is 2.65. The average molecular weight is 483 g/mol. The van der Waals surface area contributed by atoms with E-state index in [9.17, 15) is 0 Å². The largest absolute Gasteiger partial charge is 0.381 e. The maximum atomic E-state index is 5.80. The molecule has 1 fully saturated rings. The van der Waals surface area contributed by atoms with E-state index in [4.69, 9.17) is 26.1 Å². The Morgan fingerprint density at radius 3 is 2.72 bits per heavy atom. The third kappa shape index (κ3) is 7.64. The molecule has 0 unspecified atom stereocenters. The summed E-state index contributed by atoms with van der Waals surface area (Å²) in [6.07, 6.45) is 4.42. The molecule has 0 bridgehead atoms. The van der Waals surface area contributed by atoms with Crippen LogP contribution < -0.4 is 10.6 Å². The summed E-state index contributed by atoms with van der Waals surface area (Å²) in [5, 5.41) is 7.15. The Morgan fingerprint density at radius 2 is 2.12 bits per heavy atom. The van der Waals surface area contributed by atoms with Gasteiger partial charge < -0.3 is 20.1 Å². The third-order valence-electron chi connectivity index (χ3n) is 4.20. The molecule has 2 heterocycles. The first-order valence-corrected chi connectivity index (χ1v) is 8.81. The number of methoxy groups -OCH3 is 1. The summed E-state index contributed by atoms with van der Waals surface area (Å²) in [5.41, 5.74) is 0.932. The first-order chi connectivity index (χ1) is 11.7. The number of pyridine rings is 1. The molecule has 2 rings (SSSR count). The summed E-state index contributed by atoms with van der Waals surface area (Å²) in [6.45, 7) is 5.75. The quantitative estimate of drug-likeness (QED) is 0.271. The lowest BCUT2D eigenvalue weighted by molar-refractivity contribution is -0.0828. The Labute approximate surface area is 172 Å². The molecule has 1 aromatic heterocycles. The van der Waals surface area contributed by atoms with E-state index in [-0.39, 0.29) is 29.6 Å². The zero-order valence-electron chi connectivity index (χ0n) is 14.9. The molecule has 25 heavy (non-hydrogen) atoms. The summed E-state index contributed by atoms with van der Waals surface area (Å²) < 4.78 is 11.2. The molecule has 0 atom stereocenters. The minimum Gasteiger partial charge on any atom is -0.381 e. The van der Waals surface area contributed by atoms with Gasteiger partial charge in [0.2, 0.25) is 0 Å². The molecule has 1 saturated heterocycles. The van der Waals surface area contributed by atoms with Crippen LogP contribution in [0.2, 0.25) is 5.15 Å². The minimum atomic E-state index is -0.208. The standard InChI is InChI=1S/C17H27ClN4O2.HI/c1-3-19-16(20-9-6-14-4-5-15(18)21-12-14)22-13-17(23-2)7-10-24-11-8-17;/h4-5,12H,3,6-11,13H2,1-2H3,(H2,19,20,22);1H. The van der Waals surface area contributed by atoms with Gasteiger partial charge in [-0.05, 0) is 25.0 Å². The van der Waals surface area contributed by atoms with E-state index in [0.29, 0.717) is 11.7 Å². The highest BCUT2D eigenvalue weighted by atomic mass is 127. The summed E-state index contributed by atoms with van der Waals surface area (Å²) >= 11 is 5.80. The van der Waals surface area contributed by atoms with Crippen molar-refractivity contribution in [3.8, 4) is 0 Å². The van der Waals surface area contributed by atoms with Crippen molar-refractivity contribution in [3.63, 3.8) is 0 Å². The number of hydrogen-bond donors (Lipinski definition) is 2. The Balaban J connectivity index is 0.00000312. The number of ether oxygens (including phenoxy) is 2. The molecule has 0 aliphatic carbocycles. The van der Waals surface area contributed by atoms with Crippen LogP contribution in [-0.2, 0) is 15.9 Å². The molecule has 142 valence electrons. The summed E-state index contributed by atoms with van der Waals surface area (Å²) in [7, 11) is 1.76. The van der Waals surface area contributed by atoms with Gasteiger partial charge >= 0.3 is 0 Å². The van der Waals surface area contributed by atoms with Crippen LogP contribution in [0.3, 0.4) is 0 Å². The lowest BCUT2D eigenvalue weighted by Crippen LogP contribution is -2.44. The van der Waals surface area contributed by atoms with E-state index in [1.54, 1.807) is 13.3 Å². The van der Waals surface area contributed by atoms with Crippen LogP contribution in [0, 0.1) is 0 Å². The van der Waals surface area contributed by atoms with Crippen molar-refractivity contribution in [1.29, 1.82) is 0 Å². The van der Waals surface area contributed by atoms with Crippen molar-refractivity contribution in [2.75, 3.05) is 40.0 Å². The molecule has 0 spiro atoms. The number of halogens is 2. The molecule has 1 aliphatic rings. The fourth-order valence-electron chi connectivity index (χ4n) is 2.61. The van der Waals surface area contributed by atoms with E-state index in [2.05, 4.69) is 22.5 Å². The molecule has 1 aromatic rings. The molecule has 8 heteroatoms. The van der Waals surface area contributed by atoms with E-state index in [1.165, 1.54) is 0 Å². The second-order valence-corrected chi connectivity index (χ2v) is 6.25. The van der Waals surface area contributed by atoms with Gasteiger partial charge in [0.25, 0.3) is 0 Å². The monoisotopic (exact) mass is 482 g/mol. The van der Waals surface area contributed by atoms with Gasteiger partial charge in [0.15, 0.2) is 5.96 Å². The highest BCUT2D eigenvalue weighted by Gasteiger charge is 2.32. The van der Waals surface area contributed by atoms with Crippen molar-refractivity contribution >= 4 is 41.5 Å².